The molecule has 2 nitrogen and oxygen atoms in total. The Morgan fingerprint density at radius 2 is 2.42 bits per heavy atom. The Morgan fingerprint density at radius 1 is 1.58 bits per heavy atom. The van der Waals surface area contributed by atoms with Gasteiger partial charge in [-0.2, -0.15) is 0 Å². The van der Waals surface area contributed by atoms with Crippen LogP contribution in [0.3, 0.4) is 0 Å². The van der Waals surface area contributed by atoms with Crippen LogP contribution in [0.2, 0.25) is 0 Å². The minimum atomic E-state index is 0.719. The van der Waals surface area contributed by atoms with Crippen LogP contribution in [0.1, 0.15) is 18.2 Å². The predicted octanol–water partition coefficient (Wildman–Crippen LogP) is 1.70. The van der Waals surface area contributed by atoms with Crippen LogP contribution in [0.15, 0.2) is 16.7 Å². The quantitative estimate of drug-likeness (QED) is 0.542. The van der Waals surface area contributed by atoms with Gasteiger partial charge >= 0.3 is 0 Å². The summed E-state index contributed by atoms with van der Waals surface area (Å²) in [6, 6.07) is 1.96. The Morgan fingerprint density at radius 3 is 3.00 bits per heavy atom. The van der Waals surface area contributed by atoms with E-state index >= 15 is 0 Å². The zero-order chi connectivity index (χ0) is 8.81. The molecule has 0 saturated carbocycles. The first-order valence-corrected chi connectivity index (χ1v) is 3.98. The van der Waals surface area contributed by atoms with E-state index in [0.717, 1.165) is 18.8 Å². The SMILES string of the molecule is CC#CCNCc1occc1C. The van der Waals surface area contributed by atoms with E-state index in [1.54, 1.807) is 6.26 Å². The van der Waals surface area contributed by atoms with Crippen molar-refractivity contribution in [2.75, 3.05) is 6.54 Å². The third kappa shape index (κ3) is 2.44. The van der Waals surface area contributed by atoms with E-state index in [0.29, 0.717) is 0 Å². The molecule has 0 atom stereocenters. The molecule has 0 amide bonds. The number of hydrogen-bond acceptors (Lipinski definition) is 2. The Hall–Kier alpha value is -1.20. The van der Waals surface area contributed by atoms with Gasteiger partial charge in [-0.15, -0.1) is 5.92 Å². The summed E-state index contributed by atoms with van der Waals surface area (Å²) in [6.45, 7) is 5.34. The van der Waals surface area contributed by atoms with Crippen molar-refractivity contribution in [1.82, 2.24) is 5.32 Å². The van der Waals surface area contributed by atoms with Crippen molar-refractivity contribution in [3.63, 3.8) is 0 Å². The molecule has 1 N–H and O–H groups in total. The zero-order valence-corrected chi connectivity index (χ0v) is 7.48. The summed E-state index contributed by atoms with van der Waals surface area (Å²) in [5.74, 6) is 6.74. The fourth-order valence-electron chi connectivity index (χ4n) is 0.912. The molecule has 0 radical (unpaired) electrons. The molecule has 0 unspecified atom stereocenters. The van der Waals surface area contributed by atoms with Gasteiger partial charge < -0.3 is 4.42 Å². The number of nitrogens with one attached hydrogen (secondary N) is 1. The van der Waals surface area contributed by atoms with Gasteiger partial charge in [0.1, 0.15) is 5.76 Å². The molecule has 1 aromatic rings. The maximum absolute atomic E-state index is 5.23. The highest BCUT2D eigenvalue weighted by Gasteiger charge is 1.98. The fraction of sp³-hybridized carbons (Fsp3) is 0.400. The lowest BCUT2D eigenvalue weighted by atomic mass is 10.3. The molecule has 1 aromatic heterocycles. The molecule has 0 aliphatic rings. The molecule has 0 spiro atoms. The first-order chi connectivity index (χ1) is 5.84. The minimum absolute atomic E-state index is 0.719. The van der Waals surface area contributed by atoms with Crippen molar-refractivity contribution in [3.8, 4) is 11.8 Å². The number of rotatable bonds is 3. The molecular weight excluding hydrogens is 150 g/mol. The van der Waals surface area contributed by atoms with Crippen LogP contribution < -0.4 is 5.32 Å². The highest BCUT2D eigenvalue weighted by atomic mass is 16.3. The average Bonchev–Trinajstić information content (AvgIpc) is 2.46. The van der Waals surface area contributed by atoms with Gasteiger partial charge in [0, 0.05) is 0 Å². The lowest BCUT2D eigenvalue weighted by Gasteiger charge is -1.97. The van der Waals surface area contributed by atoms with Gasteiger partial charge in [-0.3, -0.25) is 5.32 Å². The first-order valence-electron chi connectivity index (χ1n) is 3.98. The summed E-state index contributed by atoms with van der Waals surface area (Å²) in [4.78, 5) is 0. The van der Waals surface area contributed by atoms with Crippen LogP contribution in [0.25, 0.3) is 0 Å². The summed E-state index contributed by atoms with van der Waals surface area (Å²) in [7, 11) is 0. The Bertz CT molecular complexity index is 290. The van der Waals surface area contributed by atoms with E-state index in [9.17, 15) is 0 Å². The van der Waals surface area contributed by atoms with Crippen LogP contribution in [0, 0.1) is 18.8 Å². The Kier molecular flexibility index (Phi) is 3.43. The van der Waals surface area contributed by atoms with Crippen molar-refractivity contribution in [1.29, 1.82) is 0 Å². The van der Waals surface area contributed by atoms with E-state index in [4.69, 9.17) is 4.42 Å². The van der Waals surface area contributed by atoms with Gasteiger partial charge in [0.05, 0.1) is 19.4 Å². The average molecular weight is 163 g/mol. The van der Waals surface area contributed by atoms with Gasteiger partial charge in [-0.05, 0) is 25.5 Å². The molecule has 0 bridgehead atoms. The van der Waals surface area contributed by atoms with Crippen molar-refractivity contribution in [3.05, 3.63) is 23.7 Å². The van der Waals surface area contributed by atoms with Crippen LogP contribution in [0.5, 0.6) is 0 Å². The summed E-state index contributed by atoms with van der Waals surface area (Å²) >= 11 is 0. The van der Waals surface area contributed by atoms with Crippen molar-refractivity contribution < 1.29 is 4.42 Å². The topological polar surface area (TPSA) is 25.2 Å². The zero-order valence-electron chi connectivity index (χ0n) is 7.48. The predicted molar refractivity (Wildman–Crippen MR) is 48.6 cm³/mol. The highest BCUT2D eigenvalue weighted by molar-refractivity contribution is 5.14. The fourth-order valence-corrected chi connectivity index (χ4v) is 0.912. The summed E-state index contributed by atoms with van der Waals surface area (Å²) in [5.41, 5.74) is 1.19. The molecule has 0 aliphatic heterocycles. The summed E-state index contributed by atoms with van der Waals surface area (Å²) in [6.07, 6.45) is 1.71. The van der Waals surface area contributed by atoms with Gasteiger partial charge in [-0.1, -0.05) is 5.92 Å². The Balaban J connectivity index is 2.32. The van der Waals surface area contributed by atoms with Gasteiger partial charge in [0.25, 0.3) is 0 Å². The second-order valence-electron chi connectivity index (χ2n) is 2.56. The standard InChI is InChI=1S/C10H13NO/c1-3-4-6-11-8-10-9(2)5-7-12-10/h5,7,11H,6,8H2,1-2H3. The van der Waals surface area contributed by atoms with E-state index in [-0.39, 0.29) is 0 Å². The van der Waals surface area contributed by atoms with Crippen LogP contribution in [-0.2, 0) is 6.54 Å². The molecule has 1 heterocycles. The molecule has 0 aliphatic carbocycles. The van der Waals surface area contributed by atoms with Crippen LogP contribution in [-0.4, -0.2) is 6.54 Å². The first kappa shape index (κ1) is 8.89. The van der Waals surface area contributed by atoms with Gasteiger partial charge in [-0.25, -0.2) is 0 Å². The van der Waals surface area contributed by atoms with E-state index < -0.39 is 0 Å². The third-order valence-electron chi connectivity index (χ3n) is 1.64. The lowest BCUT2D eigenvalue weighted by molar-refractivity contribution is 0.488. The largest absolute Gasteiger partial charge is 0.468 e. The van der Waals surface area contributed by atoms with Crippen molar-refractivity contribution in [2.24, 2.45) is 0 Å². The minimum Gasteiger partial charge on any atom is -0.468 e. The molecular formula is C10H13NO. The Labute approximate surface area is 73.0 Å². The van der Waals surface area contributed by atoms with E-state index in [1.807, 2.05) is 19.9 Å². The second kappa shape index (κ2) is 4.63. The smallest absolute Gasteiger partial charge is 0.120 e. The number of aryl methyl sites for hydroxylation is 1. The number of hydrogen-bond donors (Lipinski definition) is 1. The third-order valence-corrected chi connectivity index (χ3v) is 1.64. The van der Waals surface area contributed by atoms with Gasteiger partial charge in [0.15, 0.2) is 0 Å². The van der Waals surface area contributed by atoms with Crippen molar-refractivity contribution >= 4 is 0 Å². The molecule has 0 aromatic carbocycles. The molecule has 1 rings (SSSR count). The molecule has 0 fully saturated rings. The maximum Gasteiger partial charge on any atom is 0.120 e. The van der Waals surface area contributed by atoms with Crippen molar-refractivity contribution in [2.45, 2.75) is 20.4 Å². The van der Waals surface area contributed by atoms with E-state index in [1.165, 1.54) is 5.56 Å². The second-order valence-corrected chi connectivity index (χ2v) is 2.56. The number of furan rings is 1. The lowest BCUT2D eigenvalue weighted by Crippen LogP contribution is -2.13. The maximum atomic E-state index is 5.23. The van der Waals surface area contributed by atoms with Gasteiger partial charge in [0.2, 0.25) is 0 Å². The van der Waals surface area contributed by atoms with E-state index in [2.05, 4.69) is 17.2 Å². The molecule has 2 heteroatoms. The highest BCUT2D eigenvalue weighted by Crippen LogP contribution is 2.07. The summed E-state index contributed by atoms with van der Waals surface area (Å²) < 4.78 is 5.23. The monoisotopic (exact) mass is 163 g/mol. The normalized spacial score (nSPS) is 9.17. The van der Waals surface area contributed by atoms with Crippen LogP contribution >= 0.6 is 0 Å². The molecule has 64 valence electrons. The molecule has 12 heavy (non-hydrogen) atoms. The summed E-state index contributed by atoms with van der Waals surface area (Å²) in [5, 5.41) is 3.16. The van der Waals surface area contributed by atoms with Crippen LogP contribution in [0.4, 0.5) is 0 Å². The molecule has 0 saturated heterocycles.